The second kappa shape index (κ2) is 6.91. The SMILES string of the molecule is CCc1c(C(=O)Nc2ccccc2)cnn1-c1ccc(OC)nn1. The number of hydrogen-bond donors (Lipinski definition) is 1. The van der Waals surface area contributed by atoms with Crippen LogP contribution in [0.25, 0.3) is 5.82 Å². The maximum Gasteiger partial charge on any atom is 0.259 e. The molecule has 0 aliphatic rings. The van der Waals surface area contributed by atoms with Crippen LogP contribution in [0.5, 0.6) is 5.88 Å². The largest absolute Gasteiger partial charge is 0.480 e. The van der Waals surface area contributed by atoms with Gasteiger partial charge in [-0.1, -0.05) is 25.1 Å². The van der Waals surface area contributed by atoms with Crippen LogP contribution in [0, 0.1) is 0 Å². The van der Waals surface area contributed by atoms with Gasteiger partial charge in [0.2, 0.25) is 5.88 Å². The van der Waals surface area contributed by atoms with E-state index in [0.29, 0.717) is 23.7 Å². The maximum absolute atomic E-state index is 12.5. The molecule has 24 heavy (non-hydrogen) atoms. The molecule has 3 aromatic rings. The zero-order valence-corrected chi connectivity index (χ0v) is 13.4. The number of anilines is 1. The van der Waals surface area contributed by atoms with Crippen molar-refractivity contribution in [1.29, 1.82) is 0 Å². The molecule has 7 heteroatoms. The predicted molar refractivity (Wildman–Crippen MR) is 89.5 cm³/mol. The molecule has 2 aromatic heterocycles. The lowest BCUT2D eigenvalue weighted by Crippen LogP contribution is -2.14. The van der Waals surface area contributed by atoms with Crippen LogP contribution in [0.3, 0.4) is 0 Å². The number of hydrogen-bond acceptors (Lipinski definition) is 5. The summed E-state index contributed by atoms with van der Waals surface area (Å²) in [5, 5.41) is 15.2. The number of para-hydroxylation sites is 1. The molecule has 0 aliphatic carbocycles. The van der Waals surface area contributed by atoms with Crippen molar-refractivity contribution in [2.24, 2.45) is 0 Å². The molecule has 0 spiro atoms. The van der Waals surface area contributed by atoms with Gasteiger partial charge in [-0.25, -0.2) is 4.68 Å². The first-order chi connectivity index (χ1) is 11.7. The molecule has 0 saturated heterocycles. The Labute approximate surface area is 139 Å². The van der Waals surface area contributed by atoms with Gasteiger partial charge in [0.15, 0.2) is 5.82 Å². The van der Waals surface area contributed by atoms with Crippen molar-refractivity contribution in [3.05, 3.63) is 59.9 Å². The van der Waals surface area contributed by atoms with Crippen LogP contribution < -0.4 is 10.1 Å². The number of nitrogens with one attached hydrogen (secondary N) is 1. The monoisotopic (exact) mass is 323 g/mol. The third-order valence-corrected chi connectivity index (χ3v) is 3.53. The number of carbonyl (C=O) groups excluding carboxylic acids is 1. The minimum Gasteiger partial charge on any atom is -0.480 e. The lowest BCUT2D eigenvalue weighted by atomic mass is 10.2. The Kier molecular flexibility index (Phi) is 4.51. The van der Waals surface area contributed by atoms with Crippen LogP contribution in [-0.2, 0) is 6.42 Å². The molecule has 1 aromatic carbocycles. The van der Waals surface area contributed by atoms with Gasteiger partial charge >= 0.3 is 0 Å². The van der Waals surface area contributed by atoms with E-state index in [1.165, 1.54) is 7.11 Å². The normalized spacial score (nSPS) is 10.4. The Morgan fingerprint density at radius 3 is 2.58 bits per heavy atom. The summed E-state index contributed by atoms with van der Waals surface area (Å²) < 4.78 is 6.62. The van der Waals surface area contributed by atoms with Crippen LogP contribution in [0.4, 0.5) is 5.69 Å². The summed E-state index contributed by atoms with van der Waals surface area (Å²) >= 11 is 0. The van der Waals surface area contributed by atoms with Gasteiger partial charge in [0.25, 0.3) is 5.91 Å². The van der Waals surface area contributed by atoms with Gasteiger partial charge in [0.05, 0.1) is 24.6 Å². The summed E-state index contributed by atoms with van der Waals surface area (Å²) in [5.74, 6) is 0.753. The lowest BCUT2D eigenvalue weighted by Gasteiger charge is -2.08. The topological polar surface area (TPSA) is 81.9 Å². The Bertz CT molecular complexity index is 828. The van der Waals surface area contributed by atoms with E-state index in [0.717, 1.165) is 11.4 Å². The van der Waals surface area contributed by atoms with Crippen molar-refractivity contribution in [3.8, 4) is 11.7 Å². The fourth-order valence-electron chi connectivity index (χ4n) is 2.36. The van der Waals surface area contributed by atoms with Crippen LogP contribution in [0.15, 0.2) is 48.7 Å². The second-order valence-electron chi connectivity index (χ2n) is 5.02. The first-order valence-electron chi connectivity index (χ1n) is 7.54. The highest BCUT2D eigenvalue weighted by molar-refractivity contribution is 6.05. The molecular formula is C17H17N5O2. The summed E-state index contributed by atoms with van der Waals surface area (Å²) in [4.78, 5) is 12.5. The molecular weight excluding hydrogens is 306 g/mol. The van der Waals surface area contributed by atoms with E-state index in [1.807, 2.05) is 37.3 Å². The van der Waals surface area contributed by atoms with E-state index >= 15 is 0 Å². The van der Waals surface area contributed by atoms with Gasteiger partial charge in [0.1, 0.15) is 0 Å². The van der Waals surface area contributed by atoms with Crippen molar-refractivity contribution in [3.63, 3.8) is 0 Å². The zero-order chi connectivity index (χ0) is 16.9. The number of amides is 1. The first-order valence-corrected chi connectivity index (χ1v) is 7.54. The molecule has 0 radical (unpaired) electrons. The van der Waals surface area contributed by atoms with E-state index in [1.54, 1.807) is 23.0 Å². The number of aromatic nitrogens is 4. The molecule has 7 nitrogen and oxygen atoms in total. The third-order valence-electron chi connectivity index (χ3n) is 3.53. The van der Waals surface area contributed by atoms with Gasteiger partial charge in [-0.2, -0.15) is 5.10 Å². The van der Waals surface area contributed by atoms with E-state index in [-0.39, 0.29) is 5.91 Å². The van der Waals surface area contributed by atoms with Gasteiger partial charge in [0, 0.05) is 11.8 Å². The van der Waals surface area contributed by atoms with Crippen LogP contribution in [-0.4, -0.2) is 33.0 Å². The van der Waals surface area contributed by atoms with Crippen LogP contribution in [0.1, 0.15) is 23.0 Å². The van der Waals surface area contributed by atoms with E-state index in [2.05, 4.69) is 20.6 Å². The molecule has 2 heterocycles. The Morgan fingerprint density at radius 1 is 1.17 bits per heavy atom. The fourth-order valence-corrected chi connectivity index (χ4v) is 2.36. The predicted octanol–water partition coefficient (Wildman–Crippen LogP) is 2.49. The van der Waals surface area contributed by atoms with Crippen molar-refractivity contribution < 1.29 is 9.53 Å². The minimum absolute atomic E-state index is 0.203. The van der Waals surface area contributed by atoms with Gasteiger partial charge < -0.3 is 10.1 Å². The zero-order valence-electron chi connectivity index (χ0n) is 13.4. The molecule has 0 fully saturated rings. The quantitative estimate of drug-likeness (QED) is 0.780. The van der Waals surface area contributed by atoms with Gasteiger partial charge in [-0.3, -0.25) is 4.79 Å². The third kappa shape index (κ3) is 3.10. The summed E-state index contributed by atoms with van der Waals surface area (Å²) in [6.45, 7) is 1.96. The first kappa shape index (κ1) is 15.7. The Morgan fingerprint density at radius 2 is 1.96 bits per heavy atom. The minimum atomic E-state index is -0.203. The maximum atomic E-state index is 12.5. The Balaban J connectivity index is 1.89. The molecule has 1 amide bonds. The summed E-state index contributed by atoms with van der Waals surface area (Å²) in [7, 11) is 1.53. The Hall–Kier alpha value is -3.22. The average molecular weight is 323 g/mol. The molecule has 3 rings (SSSR count). The summed E-state index contributed by atoms with van der Waals surface area (Å²) in [5.41, 5.74) is 2.02. The molecule has 0 unspecified atom stereocenters. The van der Waals surface area contributed by atoms with E-state index in [4.69, 9.17) is 4.74 Å². The fraction of sp³-hybridized carbons (Fsp3) is 0.176. The number of rotatable bonds is 5. The summed E-state index contributed by atoms with van der Waals surface area (Å²) in [6, 6.07) is 12.8. The molecule has 0 aliphatic heterocycles. The van der Waals surface area contributed by atoms with Gasteiger partial charge in [-0.05, 0) is 24.6 Å². The highest BCUT2D eigenvalue weighted by Crippen LogP contribution is 2.17. The highest BCUT2D eigenvalue weighted by atomic mass is 16.5. The molecule has 0 bridgehead atoms. The molecule has 1 N–H and O–H groups in total. The van der Waals surface area contributed by atoms with Crippen molar-refractivity contribution in [2.75, 3.05) is 12.4 Å². The smallest absolute Gasteiger partial charge is 0.259 e. The van der Waals surface area contributed by atoms with Crippen molar-refractivity contribution in [1.82, 2.24) is 20.0 Å². The number of carbonyl (C=O) groups is 1. The standard InChI is InChI=1S/C17H17N5O2/c1-3-14-13(17(23)19-12-7-5-4-6-8-12)11-18-22(14)15-9-10-16(24-2)21-20-15/h4-11H,3H2,1-2H3,(H,19,23). The van der Waals surface area contributed by atoms with Crippen LogP contribution >= 0.6 is 0 Å². The molecule has 122 valence electrons. The number of nitrogens with zero attached hydrogens (tertiary/aromatic N) is 4. The second-order valence-corrected chi connectivity index (χ2v) is 5.02. The van der Waals surface area contributed by atoms with Crippen LogP contribution in [0.2, 0.25) is 0 Å². The average Bonchev–Trinajstić information content (AvgIpc) is 3.06. The van der Waals surface area contributed by atoms with Gasteiger partial charge in [-0.15, -0.1) is 10.2 Å². The number of ether oxygens (including phenoxy) is 1. The highest BCUT2D eigenvalue weighted by Gasteiger charge is 2.18. The molecule has 0 saturated carbocycles. The lowest BCUT2D eigenvalue weighted by molar-refractivity contribution is 0.102. The van der Waals surface area contributed by atoms with E-state index in [9.17, 15) is 4.79 Å². The van der Waals surface area contributed by atoms with Crippen molar-refractivity contribution in [2.45, 2.75) is 13.3 Å². The number of benzene rings is 1. The summed E-state index contributed by atoms with van der Waals surface area (Å²) in [6.07, 6.45) is 2.17. The molecule has 0 atom stereocenters. The van der Waals surface area contributed by atoms with Crippen molar-refractivity contribution >= 4 is 11.6 Å². The van der Waals surface area contributed by atoms with E-state index < -0.39 is 0 Å². The number of methoxy groups -OCH3 is 1.